The van der Waals surface area contributed by atoms with E-state index >= 15 is 0 Å². The molecule has 6 nitrogen and oxygen atoms in total. The van der Waals surface area contributed by atoms with Crippen LogP contribution in [0.3, 0.4) is 0 Å². The maximum Gasteiger partial charge on any atom is 0.229 e. The van der Waals surface area contributed by atoms with E-state index in [-0.39, 0.29) is 18.2 Å². The number of nitrogens with one attached hydrogen (secondary N) is 2. The van der Waals surface area contributed by atoms with E-state index in [1.54, 1.807) is 4.90 Å². The second kappa shape index (κ2) is 6.81. The minimum atomic E-state index is -0.402. The number of nitrogens with zero attached hydrogens (tertiary/aromatic N) is 2. The maximum atomic E-state index is 12.7. The molecule has 27 heavy (non-hydrogen) atoms. The van der Waals surface area contributed by atoms with Crippen molar-refractivity contribution < 1.29 is 9.59 Å². The summed E-state index contributed by atoms with van der Waals surface area (Å²) in [7, 11) is 0. The van der Waals surface area contributed by atoms with Crippen molar-refractivity contribution in [3.05, 3.63) is 52.0 Å². The third kappa shape index (κ3) is 3.35. The highest BCUT2D eigenvalue weighted by molar-refractivity contribution is 9.10. The lowest BCUT2D eigenvalue weighted by molar-refractivity contribution is -0.122. The highest BCUT2D eigenvalue weighted by Crippen LogP contribution is 2.31. The van der Waals surface area contributed by atoms with E-state index in [0.29, 0.717) is 12.4 Å². The summed E-state index contributed by atoms with van der Waals surface area (Å²) in [5.74, 6) is -0.0581. The number of aryl methyl sites for hydroxylation is 2. The van der Waals surface area contributed by atoms with Crippen LogP contribution in [0.5, 0.6) is 0 Å². The van der Waals surface area contributed by atoms with Gasteiger partial charge in [0.25, 0.3) is 0 Å². The largest absolute Gasteiger partial charge is 0.326 e. The smallest absolute Gasteiger partial charge is 0.229 e. The molecule has 0 aliphatic carbocycles. The van der Waals surface area contributed by atoms with Crippen molar-refractivity contribution in [2.24, 2.45) is 5.92 Å². The Morgan fingerprint density at radius 3 is 2.85 bits per heavy atom. The zero-order chi connectivity index (χ0) is 19.1. The van der Waals surface area contributed by atoms with Crippen LogP contribution in [-0.4, -0.2) is 28.6 Å². The van der Waals surface area contributed by atoms with Gasteiger partial charge in [0, 0.05) is 28.5 Å². The molecule has 0 saturated carbocycles. The average Bonchev–Trinajstić information content (AvgIpc) is 3.20. The summed E-state index contributed by atoms with van der Waals surface area (Å²) in [4.78, 5) is 26.8. The molecule has 3 aromatic rings. The number of amides is 2. The van der Waals surface area contributed by atoms with Gasteiger partial charge in [0.1, 0.15) is 0 Å². The van der Waals surface area contributed by atoms with Gasteiger partial charge in [-0.2, -0.15) is 5.10 Å². The number of benzene rings is 2. The number of anilines is 2. The molecular weight excluding hydrogens is 408 g/mol. The monoisotopic (exact) mass is 426 g/mol. The van der Waals surface area contributed by atoms with Crippen molar-refractivity contribution in [2.75, 3.05) is 16.8 Å². The Labute approximate surface area is 165 Å². The summed E-state index contributed by atoms with van der Waals surface area (Å²) < 4.78 is 0.934. The molecule has 138 valence electrons. The van der Waals surface area contributed by atoms with Gasteiger partial charge in [0.15, 0.2) is 5.82 Å². The molecule has 0 radical (unpaired) electrons. The Bertz CT molecular complexity index is 1060. The summed E-state index contributed by atoms with van der Waals surface area (Å²) in [6.07, 6.45) is 0.182. The van der Waals surface area contributed by atoms with Gasteiger partial charge in [-0.25, -0.2) is 0 Å². The van der Waals surface area contributed by atoms with Crippen molar-refractivity contribution in [2.45, 2.75) is 20.3 Å². The van der Waals surface area contributed by atoms with E-state index in [4.69, 9.17) is 0 Å². The summed E-state index contributed by atoms with van der Waals surface area (Å²) in [5, 5.41) is 11.1. The number of rotatable bonds is 3. The first-order chi connectivity index (χ1) is 12.9. The molecule has 1 aliphatic heterocycles. The topological polar surface area (TPSA) is 78.1 Å². The van der Waals surface area contributed by atoms with Crippen molar-refractivity contribution >= 4 is 50.2 Å². The molecule has 1 atom stereocenters. The lowest BCUT2D eigenvalue weighted by Crippen LogP contribution is -2.28. The molecule has 2 aromatic carbocycles. The Morgan fingerprint density at radius 2 is 2.07 bits per heavy atom. The number of aromatic nitrogens is 2. The number of carbonyl (C=O) groups is 2. The summed E-state index contributed by atoms with van der Waals surface area (Å²) in [6, 6.07) is 11.6. The molecule has 0 spiro atoms. The number of aromatic amines is 1. The van der Waals surface area contributed by atoms with Crippen molar-refractivity contribution in [3.63, 3.8) is 0 Å². The first kappa shape index (κ1) is 17.7. The lowest BCUT2D eigenvalue weighted by Gasteiger charge is -2.15. The van der Waals surface area contributed by atoms with Gasteiger partial charge in [-0.15, -0.1) is 0 Å². The van der Waals surface area contributed by atoms with Crippen LogP contribution in [0, 0.1) is 19.8 Å². The van der Waals surface area contributed by atoms with Gasteiger partial charge in [0.05, 0.1) is 11.4 Å². The fraction of sp³-hybridized carbons (Fsp3) is 0.250. The molecule has 0 bridgehead atoms. The normalized spacial score (nSPS) is 16.9. The summed E-state index contributed by atoms with van der Waals surface area (Å²) >= 11 is 3.43. The molecule has 2 N–H and O–H groups in total. The quantitative estimate of drug-likeness (QED) is 0.665. The average molecular weight is 427 g/mol. The van der Waals surface area contributed by atoms with E-state index in [1.807, 2.05) is 50.2 Å². The summed E-state index contributed by atoms with van der Waals surface area (Å²) in [6.45, 7) is 4.30. The van der Waals surface area contributed by atoms with E-state index in [1.165, 1.54) is 0 Å². The molecule has 1 unspecified atom stereocenters. The zero-order valence-electron chi connectivity index (χ0n) is 15.0. The van der Waals surface area contributed by atoms with E-state index in [2.05, 4.69) is 31.4 Å². The van der Waals surface area contributed by atoms with Crippen LogP contribution in [0.25, 0.3) is 10.9 Å². The predicted octanol–water partition coefficient (Wildman–Crippen LogP) is 3.93. The molecule has 2 amide bonds. The lowest BCUT2D eigenvalue weighted by atomic mass is 10.1. The van der Waals surface area contributed by atoms with Crippen LogP contribution in [0.4, 0.5) is 11.5 Å². The predicted molar refractivity (Wildman–Crippen MR) is 109 cm³/mol. The second-order valence-electron chi connectivity index (χ2n) is 6.95. The molecule has 1 fully saturated rings. The molecule has 1 aromatic heterocycles. The molecular formula is C20H19BrN4O2. The van der Waals surface area contributed by atoms with Crippen LogP contribution in [0.15, 0.2) is 40.9 Å². The van der Waals surface area contributed by atoms with Gasteiger partial charge >= 0.3 is 0 Å². The van der Waals surface area contributed by atoms with Gasteiger partial charge in [0.2, 0.25) is 11.8 Å². The number of halogens is 1. The van der Waals surface area contributed by atoms with Crippen LogP contribution < -0.4 is 10.2 Å². The highest BCUT2D eigenvalue weighted by atomic mass is 79.9. The third-order valence-corrected chi connectivity index (χ3v) is 5.39. The van der Waals surface area contributed by atoms with Crippen LogP contribution in [-0.2, 0) is 9.59 Å². The van der Waals surface area contributed by atoms with Gasteiger partial charge < -0.3 is 5.32 Å². The minimum absolute atomic E-state index is 0.0907. The Hall–Kier alpha value is -2.67. The molecule has 1 saturated heterocycles. The number of hydrogen-bond donors (Lipinski definition) is 2. The van der Waals surface area contributed by atoms with E-state index < -0.39 is 5.92 Å². The van der Waals surface area contributed by atoms with E-state index in [9.17, 15) is 9.59 Å². The Morgan fingerprint density at radius 1 is 1.26 bits per heavy atom. The standard InChI is InChI=1S/C20H19BrN4O2/c1-11-3-6-16(12(2)7-11)22-20(27)13-8-18(26)25(10-13)19-15-5-4-14(21)9-17(15)23-24-19/h3-7,9,13H,8,10H2,1-2H3,(H,22,27)(H,23,24). The minimum Gasteiger partial charge on any atom is -0.326 e. The second-order valence-corrected chi connectivity index (χ2v) is 7.87. The number of H-pyrrole nitrogens is 1. The Kier molecular flexibility index (Phi) is 4.47. The van der Waals surface area contributed by atoms with E-state index in [0.717, 1.165) is 32.2 Å². The zero-order valence-corrected chi connectivity index (χ0v) is 16.6. The van der Waals surface area contributed by atoms with Crippen LogP contribution in [0.2, 0.25) is 0 Å². The van der Waals surface area contributed by atoms with Crippen molar-refractivity contribution in [3.8, 4) is 0 Å². The van der Waals surface area contributed by atoms with Gasteiger partial charge in [-0.3, -0.25) is 19.6 Å². The Balaban J connectivity index is 1.53. The van der Waals surface area contributed by atoms with Crippen molar-refractivity contribution in [1.29, 1.82) is 0 Å². The SMILES string of the molecule is Cc1ccc(NC(=O)C2CC(=O)N(c3n[nH]c4cc(Br)ccc34)C2)c(C)c1. The highest BCUT2D eigenvalue weighted by Gasteiger charge is 2.37. The van der Waals surface area contributed by atoms with Gasteiger partial charge in [-0.1, -0.05) is 33.6 Å². The number of carbonyl (C=O) groups excluding carboxylic acids is 2. The molecule has 2 heterocycles. The number of hydrogen-bond acceptors (Lipinski definition) is 3. The fourth-order valence-corrected chi connectivity index (χ4v) is 3.82. The molecule has 1 aliphatic rings. The first-order valence-electron chi connectivity index (χ1n) is 8.74. The third-order valence-electron chi connectivity index (χ3n) is 4.90. The summed E-state index contributed by atoms with van der Waals surface area (Å²) in [5.41, 5.74) is 3.78. The maximum absolute atomic E-state index is 12.7. The van der Waals surface area contributed by atoms with Gasteiger partial charge in [-0.05, 0) is 43.7 Å². The molecule has 4 rings (SSSR count). The molecule has 7 heteroatoms. The van der Waals surface area contributed by atoms with Crippen LogP contribution in [0.1, 0.15) is 17.5 Å². The van der Waals surface area contributed by atoms with Crippen LogP contribution >= 0.6 is 15.9 Å². The fourth-order valence-electron chi connectivity index (χ4n) is 3.46. The first-order valence-corrected chi connectivity index (χ1v) is 9.54. The number of fused-ring (bicyclic) bond motifs is 1. The van der Waals surface area contributed by atoms with Crippen molar-refractivity contribution in [1.82, 2.24) is 10.2 Å².